The van der Waals surface area contributed by atoms with Crippen LogP contribution in [0.25, 0.3) is 5.82 Å². The number of aryl methyl sites for hydroxylation is 1. The smallest absolute Gasteiger partial charge is 0.319 e. The van der Waals surface area contributed by atoms with E-state index in [4.69, 9.17) is 11.6 Å². The Kier molecular flexibility index (Phi) is 5.82. The first-order chi connectivity index (χ1) is 13.0. The molecule has 0 bridgehead atoms. The van der Waals surface area contributed by atoms with Crippen LogP contribution in [0.5, 0.6) is 0 Å². The standard InChI is InChI=1S/C17H17ClFN7O/c1-11-4-7-26(25-11)16-9-15(22-10-23-16)20-5-6-21-17(27)24-12-2-3-14(19)13(18)8-12/h2-4,7-10H,5-6H2,1H3,(H,20,22,23)(H2,21,24,27). The lowest BCUT2D eigenvalue weighted by Crippen LogP contribution is -2.32. The van der Waals surface area contributed by atoms with Crippen LogP contribution in [0.2, 0.25) is 5.02 Å². The van der Waals surface area contributed by atoms with Crippen LogP contribution in [0.3, 0.4) is 0 Å². The Hall–Kier alpha value is -3.20. The molecule has 2 amide bonds. The summed E-state index contributed by atoms with van der Waals surface area (Å²) in [7, 11) is 0. The molecule has 3 aromatic rings. The van der Waals surface area contributed by atoms with Crippen molar-refractivity contribution in [2.75, 3.05) is 23.7 Å². The van der Waals surface area contributed by atoms with Crippen molar-refractivity contribution in [2.45, 2.75) is 6.92 Å². The molecular formula is C17H17ClFN7O. The molecular weight excluding hydrogens is 373 g/mol. The predicted octanol–water partition coefficient (Wildman–Crippen LogP) is 3.00. The van der Waals surface area contributed by atoms with E-state index in [1.807, 2.05) is 19.2 Å². The first kappa shape index (κ1) is 18.6. The van der Waals surface area contributed by atoms with Crippen LogP contribution >= 0.6 is 11.6 Å². The molecule has 2 aromatic heterocycles. The van der Waals surface area contributed by atoms with E-state index >= 15 is 0 Å². The van der Waals surface area contributed by atoms with Gasteiger partial charge in [-0.25, -0.2) is 23.8 Å². The number of amides is 2. The quantitative estimate of drug-likeness (QED) is 0.563. The minimum Gasteiger partial charge on any atom is -0.368 e. The summed E-state index contributed by atoms with van der Waals surface area (Å²) in [5.41, 5.74) is 1.29. The average Bonchev–Trinajstić information content (AvgIpc) is 3.09. The van der Waals surface area contributed by atoms with E-state index in [0.717, 1.165) is 5.69 Å². The number of nitrogens with zero attached hydrogens (tertiary/aromatic N) is 4. The number of carbonyl (C=O) groups excluding carboxylic acids is 1. The van der Waals surface area contributed by atoms with Crippen LogP contribution in [0, 0.1) is 12.7 Å². The molecule has 0 saturated carbocycles. The third-order valence-corrected chi connectivity index (χ3v) is 3.79. The number of hydrogen-bond acceptors (Lipinski definition) is 5. The number of nitrogens with one attached hydrogen (secondary N) is 3. The van der Waals surface area contributed by atoms with Crippen molar-refractivity contribution in [1.29, 1.82) is 0 Å². The van der Waals surface area contributed by atoms with E-state index in [1.54, 1.807) is 10.7 Å². The largest absolute Gasteiger partial charge is 0.368 e. The number of benzene rings is 1. The summed E-state index contributed by atoms with van der Waals surface area (Å²) in [4.78, 5) is 20.1. The lowest BCUT2D eigenvalue weighted by atomic mass is 10.3. The molecule has 1 aromatic carbocycles. The van der Waals surface area contributed by atoms with Crippen molar-refractivity contribution >= 4 is 29.1 Å². The molecule has 27 heavy (non-hydrogen) atoms. The van der Waals surface area contributed by atoms with Crippen LogP contribution < -0.4 is 16.0 Å². The molecule has 3 rings (SSSR count). The van der Waals surface area contributed by atoms with Crippen LogP contribution in [0.15, 0.2) is 42.9 Å². The zero-order valence-corrected chi connectivity index (χ0v) is 15.2. The molecule has 140 valence electrons. The summed E-state index contributed by atoms with van der Waals surface area (Å²) in [6.07, 6.45) is 3.25. The maximum Gasteiger partial charge on any atom is 0.319 e. The monoisotopic (exact) mass is 389 g/mol. The predicted molar refractivity (Wildman–Crippen MR) is 101 cm³/mol. The van der Waals surface area contributed by atoms with Crippen molar-refractivity contribution in [3.05, 3.63) is 59.4 Å². The van der Waals surface area contributed by atoms with Crippen LogP contribution in [-0.2, 0) is 0 Å². The minimum atomic E-state index is -0.540. The van der Waals surface area contributed by atoms with Gasteiger partial charge in [-0.05, 0) is 31.2 Å². The zero-order valence-electron chi connectivity index (χ0n) is 14.4. The van der Waals surface area contributed by atoms with Gasteiger partial charge >= 0.3 is 6.03 Å². The first-order valence-electron chi connectivity index (χ1n) is 8.10. The van der Waals surface area contributed by atoms with Crippen LogP contribution in [-0.4, -0.2) is 38.9 Å². The van der Waals surface area contributed by atoms with Gasteiger partial charge < -0.3 is 16.0 Å². The van der Waals surface area contributed by atoms with Crippen molar-refractivity contribution in [3.63, 3.8) is 0 Å². The lowest BCUT2D eigenvalue weighted by molar-refractivity contribution is 0.252. The average molecular weight is 390 g/mol. The minimum absolute atomic E-state index is 0.0543. The fraction of sp³-hybridized carbons (Fsp3) is 0.176. The number of carbonyl (C=O) groups is 1. The Morgan fingerprint density at radius 2 is 2.07 bits per heavy atom. The number of aromatic nitrogens is 4. The summed E-state index contributed by atoms with van der Waals surface area (Å²) in [6, 6.07) is 7.17. The molecule has 0 atom stereocenters. The summed E-state index contributed by atoms with van der Waals surface area (Å²) in [6.45, 7) is 2.70. The summed E-state index contributed by atoms with van der Waals surface area (Å²) >= 11 is 5.68. The molecule has 0 aliphatic rings. The van der Waals surface area contributed by atoms with Crippen molar-refractivity contribution < 1.29 is 9.18 Å². The Morgan fingerprint density at radius 3 is 2.81 bits per heavy atom. The highest BCUT2D eigenvalue weighted by molar-refractivity contribution is 6.31. The third-order valence-electron chi connectivity index (χ3n) is 3.50. The number of hydrogen-bond donors (Lipinski definition) is 3. The van der Waals surface area contributed by atoms with Gasteiger partial charge in [0.15, 0.2) is 5.82 Å². The number of rotatable bonds is 6. The van der Waals surface area contributed by atoms with Gasteiger partial charge in [0.05, 0.1) is 10.7 Å². The summed E-state index contributed by atoms with van der Waals surface area (Å²) < 4.78 is 14.8. The molecule has 0 saturated heterocycles. The fourth-order valence-corrected chi connectivity index (χ4v) is 2.41. The molecule has 0 radical (unpaired) electrons. The second-order valence-electron chi connectivity index (χ2n) is 5.60. The van der Waals surface area contributed by atoms with Gasteiger partial charge in [-0.2, -0.15) is 5.10 Å². The fourth-order valence-electron chi connectivity index (χ4n) is 2.23. The Bertz CT molecular complexity index is 947. The number of urea groups is 1. The van der Waals surface area contributed by atoms with Crippen LogP contribution in [0.4, 0.5) is 20.7 Å². The molecule has 3 N–H and O–H groups in total. The maximum absolute atomic E-state index is 13.1. The van der Waals surface area contributed by atoms with Gasteiger partial charge in [0.1, 0.15) is 18.0 Å². The first-order valence-corrected chi connectivity index (χ1v) is 8.47. The molecule has 8 nitrogen and oxygen atoms in total. The van der Waals surface area contributed by atoms with E-state index in [2.05, 4.69) is 31.0 Å². The zero-order chi connectivity index (χ0) is 19.2. The van der Waals surface area contributed by atoms with Gasteiger partial charge in [0.25, 0.3) is 0 Å². The van der Waals surface area contributed by atoms with E-state index in [-0.39, 0.29) is 5.02 Å². The van der Waals surface area contributed by atoms with Gasteiger partial charge in [-0.1, -0.05) is 11.6 Å². The highest BCUT2D eigenvalue weighted by atomic mass is 35.5. The van der Waals surface area contributed by atoms with Gasteiger partial charge in [0, 0.05) is 31.0 Å². The Labute approximate surface area is 159 Å². The Morgan fingerprint density at radius 1 is 1.22 bits per heavy atom. The van der Waals surface area contributed by atoms with Crippen molar-refractivity contribution in [1.82, 2.24) is 25.1 Å². The molecule has 10 heteroatoms. The topological polar surface area (TPSA) is 96.8 Å². The molecule has 0 fully saturated rings. The van der Waals surface area contributed by atoms with Crippen molar-refractivity contribution in [3.8, 4) is 5.82 Å². The summed E-state index contributed by atoms with van der Waals surface area (Å²) in [5, 5.41) is 12.6. The SMILES string of the molecule is Cc1ccn(-c2cc(NCCNC(=O)Nc3ccc(F)c(Cl)c3)ncn2)n1. The highest BCUT2D eigenvalue weighted by Crippen LogP contribution is 2.19. The molecule has 0 aliphatic carbocycles. The molecule has 0 unspecified atom stereocenters. The molecule has 0 spiro atoms. The molecule has 0 aliphatic heterocycles. The van der Waals surface area contributed by atoms with E-state index in [0.29, 0.717) is 30.4 Å². The van der Waals surface area contributed by atoms with E-state index in [9.17, 15) is 9.18 Å². The highest BCUT2D eigenvalue weighted by Gasteiger charge is 2.05. The number of halogens is 2. The second kappa shape index (κ2) is 8.45. The Balaban J connectivity index is 1.46. The van der Waals surface area contributed by atoms with Gasteiger partial charge in [-0.15, -0.1) is 0 Å². The van der Waals surface area contributed by atoms with Gasteiger partial charge in [0.2, 0.25) is 0 Å². The third kappa shape index (κ3) is 5.14. The maximum atomic E-state index is 13.1. The normalized spacial score (nSPS) is 10.5. The number of anilines is 2. The second-order valence-corrected chi connectivity index (χ2v) is 6.01. The lowest BCUT2D eigenvalue weighted by Gasteiger charge is -2.10. The van der Waals surface area contributed by atoms with Gasteiger partial charge in [-0.3, -0.25) is 0 Å². The van der Waals surface area contributed by atoms with Crippen LogP contribution in [0.1, 0.15) is 5.69 Å². The molecule has 2 heterocycles. The van der Waals surface area contributed by atoms with E-state index < -0.39 is 11.8 Å². The van der Waals surface area contributed by atoms with Crippen molar-refractivity contribution in [2.24, 2.45) is 0 Å². The van der Waals surface area contributed by atoms with E-state index in [1.165, 1.54) is 24.5 Å². The summed E-state index contributed by atoms with van der Waals surface area (Å²) in [5.74, 6) is 0.710.